The van der Waals surface area contributed by atoms with Gasteiger partial charge in [-0.05, 0) is 32.4 Å². The molecule has 0 aromatic heterocycles. The number of benzene rings is 1. The highest BCUT2D eigenvalue weighted by Crippen LogP contribution is 2.17. The molecular formula is C18H25ClN3O3+. The largest absolute Gasteiger partial charge is 0.463 e. The van der Waals surface area contributed by atoms with Gasteiger partial charge in [-0.3, -0.25) is 0 Å². The summed E-state index contributed by atoms with van der Waals surface area (Å²) in [4.78, 5) is 24.2. The molecule has 0 spiro atoms. The van der Waals surface area contributed by atoms with Gasteiger partial charge in [0.25, 0.3) is 0 Å². The van der Waals surface area contributed by atoms with Gasteiger partial charge < -0.3 is 20.7 Å². The SMILES string of the molecule is CCOC(=O)C1=C(C[NH2+][C@H](C)c2cccc(Cl)c2)NC(=O)N[C@@H]1CC. The number of carbonyl (C=O) groups is 2. The molecule has 7 heteroatoms. The van der Waals surface area contributed by atoms with Crippen molar-refractivity contribution in [2.24, 2.45) is 0 Å². The summed E-state index contributed by atoms with van der Waals surface area (Å²) < 4.78 is 5.17. The van der Waals surface area contributed by atoms with E-state index in [-0.39, 0.29) is 24.1 Å². The van der Waals surface area contributed by atoms with Gasteiger partial charge in [-0.2, -0.15) is 0 Å². The lowest BCUT2D eigenvalue weighted by molar-refractivity contribution is -0.686. The predicted octanol–water partition coefficient (Wildman–Crippen LogP) is 1.87. The van der Waals surface area contributed by atoms with Crippen molar-refractivity contribution in [3.8, 4) is 0 Å². The lowest BCUT2D eigenvalue weighted by atomic mass is 10.00. The Morgan fingerprint density at radius 1 is 1.40 bits per heavy atom. The summed E-state index contributed by atoms with van der Waals surface area (Å²) in [5.41, 5.74) is 2.18. The molecule has 1 aromatic carbocycles. The van der Waals surface area contributed by atoms with E-state index in [1.165, 1.54) is 0 Å². The molecule has 1 aromatic rings. The van der Waals surface area contributed by atoms with Crippen molar-refractivity contribution < 1.29 is 19.6 Å². The third-order valence-corrected chi connectivity index (χ3v) is 4.43. The Bertz CT molecular complexity index is 675. The van der Waals surface area contributed by atoms with Crippen LogP contribution in [0.25, 0.3) is 0 Å². The normalized spacial score (nSPS) is 18.4. The molecule has 2 amide bonds. The van der Waals surface area contributed by atoms with Gasteiger partial charge in [0.15, 0.2) is 0 Å². The molecule has 0 saturated carbocycles. The van der Waals surface area contributed by atoms with Gasteiger partial charge in [-0.1, -0.05) is 30.7 Å². The van der Waals surface area contributed by atoms with Crippen LogP contribution in [0.15, 0.2) is 35.5 Å². The maximum atomic E-state index is 12.3. The Morgan fingerprint density at radius 3 is 2.80 bits per heavy atom. The molecule has 0 saturated heterocycles. The number of quaternary nitrogens is 1. The van der Waals surface area contributed by atoms with E-state index in [9.17, 15) is 9.59 Å². The molecule has 0 bridgehead atoms. The Kier molecular flexibility index (Phi) is 6.84. The van der Waals surface area contributed by atoms with Crippen molar-refractivity contribution in [2.45, 2.75) is 39.3 Å². The van der Waals surface area contributed by atoms with E-state index < -0.39 is 0 Å². The number of rotatable bonds is 7. The van der Waals surface area contributed by atoms with E-state index in [4.69, 9.17) is 16.3 Å². The standard InChI is InChI=1S/C18H24ClN3O3/c1-4-14-16(17(23)25-5-2)15(22-18(24)21-14)10-20-11(3)12-7-6-8-13(19)9-12/h6-9,11,14,20H,4-5,10H2,1-3H3,(H2,21,22,24)/p+1/t11-,14-/m1/s1. The van der Waals surface area contributed by atoms with E-state index >= 15 is 0 Å². The summed E-state index contributed by atoms with van der Waals surface area (Å²) >= 11 is 6.04. The van der Waals surface area contributed by atoms with Crippen molar-refractivity contribution in [3.05, 3.63) is 46.1 Å². The first kappa shape index (κ1) is 19.3. The first-order valence-corrected chi connectivity index (χ1v) is 8.90. The molecule has 4 N–H and O–H groups in total. The first-order valence-electron chi connectivity index (χ1n) is 8.52. The summed E-state index contributed by atoms with van der Waals surface area (Å²) in [6.07, 6.45) is 0.620. The fraction of sp³-hybridized carbons (Fsp3) is 0.444. The average Bonchev–Trinajstić information content (AvgIpc) is 2.59. The van der Waals surface area contributed by atoms with Gasteiger partial charge in [0.2, 0.25) is 0 Å². The molecule has 1 aliphatic heterocycles. The van der Waals surface area contributed by atoms with Crippen molar-refractivity contribution in [3.63, 3.8) is 0 Å². The smallest absolute Gasteiger partial charge is 0.338 e. The van der Waals surface area contributed by atoms with Crippen LogP contribution in [-0.4, -0.2) is 31.2 Å². The van der Waals surface area contributed by atoms with Gasteiger partial charge in [0.05, 0.1) is 23.9 Å². The molecule has 0 fully saturated rings. The molecule has 0 radical (unpaired) electrons. The van der Waals surface area contributed by atoms with Crippen molar-refractivity contribution in [1.82, 2.24) is 10.6 Å². The zero-order valence-electron chi connectivity index (χ0n) is 14.8. The summed E-state index contributed by atoms with van der Waals surface area (Å²) in [5.74, 6) is -0.388. The molecule has 25 heavy (non-hydrogen) atoms. The lowest BCUT2D eigenvalue weighted by Crippen LogP contribution is -2.86. The minimum Gasteiger partial charge on any atom is -0.463 e. The monoisotopic (exact) mass is 366 g/mol. The molecule has 0 aliphatic carbocycles. The quantitative estimate of drug-likeness (QED) is 0.644. The van der Waals surface area contributed by atoms with Crippen LogP contribution < -0.4 is 16.0 Å². The Balaban J connectivity index is 2.19. The molecule has 0 unspecified atom stereocenters. The van der Waals surface area contributed by atoms with Crippen molar-refractivity contribution in [1.29, 1.82) is 0 Å². The lowest BCUT2D eigenvalue weighted by Gasteiger charge is -2.28. The van der Waals surface area contributed by atoms with E-state index in [0.29, 0.717) is 35.9 Å². The van der Waals surface area contributed by atoms with Gasteiger partial charge >= 0.3 is 12.0 Å². The molecule has 1 heterocycles. The summed E-state index contributed by atoms with van der Waals surface area (Å²) in [7, 11) is 0. The van der Waals surface area contributed by atoms with Crippen LogP contribution in [0.1, 0.15) is 38.8 Å². The second-order valence-corrected chi connectivity index (χ2v) is 6.39. The minimum absolute atomic E-state index is 0.126. The van der Waals surface area contributed by atoms with E-state index in [1.54, 1.807) is 6.92 Å². The van der Waals surface area contributed by atoms with Crippen molar-refractivity contribution >= 4 is 23.6 Å². The Hall–Kier alpha value is -2.05. The van der Waals surface area contributed by atoms with Crippen LogP contribution in [0.2, 0.25) is 5.02 Å². The van der Waals surface area contributed by atoms with Gasteiger partial charge in [0, 0.05) is 10.6 Å². The number of urea groups is 1. The predicted molar refractivity (Wildman–Crippen MR) is 96.1 cm³/mol. The van der Waals surface area contributed by atoms with E-state index in [0.717, 1.165) is 5.56 Å². The third-order valence-electron chi connectivity index (χ3n) is 4.20. The Labute approximate surface area is 153 Å². The number of amides is 2. The van der Waals surface area contributed by atoms with E-state index in [1.807, 2.05) is 31.2 Å². The van der Waals surface area contributed by atoms with Crippen LogP contribution in [0, 0.1) is 0 Å². The number of esters is 1. The second kappa shape index (κ2) is 8.87. The summed E-state index contributed by atoms with van der Waals surface area (Å²) in [6, 6.07) is 7.16. The maximum Gasteiger partial charge on any atom is 0.338 e. The maximum absolute atomic E-state index is 12.3. The Morgan fingerprint density at radius 2 is 2.16 bits per heavy atom. The van der Waals surface area contributed by atoms with Gasteiger partial charge in [-0.25, -0.2) is 9.59 Å². The molecule has 2 atom stereocenters. The van der Waals surface area contributed by atoms with Gasteiger partial charge in [0.1, 0.15) is 12.6 Å². The highest BCUT2D eigenvalue weighted by atomic mass is 35.5. The van der Waals surface area contributed by atoms with Gasteiger partial charge in [-0.15, -0.1) is 0 Å². The molecule has 6 nitrogen and oxygen atoms in total. The average molecular weight is 367 g/mol. The number of carbonyl (C=O) groups excluding carboxylic acids is 2. The molecular weight excluding hydrogens is 342 g/mol. The fourth-order valence-corrected chi connectivity index (χ4v) is 3.04. The highest BCUT2D eigenvalue weighted by Gasteiger charge is 2.32. The minimum atomic E-state index is -0.388. The number of hydrogen-bond donors (Lipinski definition) is 3. The third kappa shape index (κ3) is 4.96. The zero-order chi connectivity index (χ0) is 18.4. The first-order chi connectivity index (χ1) is 12.0. The van der Waals surface area contributed by atoms with Crippen LogP contribution in [0.3, 0.4) is 0 Å². The van der Waals surface area contributed by atoms with Crippen LogP contribution in [0.5, 0.6) is 0 Å². The zero-order valence-corrected chi connectivity index (χ0v) is 15.5. The fourth-order valence-electron chi connectivity index (χ4n) is 2.84. The second-order valence-electron chi connectivity index (χ2n) is 5.96. The topological polar surface area (TPSA) is 84.0 Å². The van der Waals surface area contributed by atoms with Crippen LogP contribution in [-0.2, 0) is 9.53 Å². The van der Waals surface area contributed by atoms with Crippen LogP contribution >= 0.6 is 11.6 Å². The number of ether oxygens (including phenoxy) is 1. The molecule has 136 valence electrons. The number of halogens is 1. The number of hydrogen-bond acceptors (Lipinski definition) is 3. The summed E-state index contributed by atoms with van der Waals surface area (Å²) in [6.45, 7) is 6.50. The van der Waals surface area contributed by atoms with E-state index in [2.05, 4.69) is 22.9 Å². The van der Waals surface area contributed by atoms with Crippen LogP contribution in [0.4, 0.5) is 4.79 Å². The molecule has 2 rings (SSSR count). The molecule has 1 aliphatic rings. The highest BCUT2D eigenvalue weighted by molar-refractivity contribution is 6.30. The summed E-state index contributed by atoms with van der Waals surface area (Å²) in [5, 5.41) is 8.27. The number of nitrogens with one attached hydrogen (secondary N) is 2. The van der Waals surface area contributed by atoms with Crippen molar-refractivity contribution in [2.75, 3.05) is 13.2 Å². The number of nitrogens with two attached hydrogens (primary N) is 1.